The van der Waals surface area contributed by atoms with E-state index in [0.717, 1.165) is 30.9 Å². The van der Waals surface area contributed by atoms with Gasteiger partial charge in [0.1, 0.15) is 0 Å². The number of hydrogen-bond acceptors (Lipinski definition) is 4. The minimum Gasteiger partial charge on any atom is -0.353 e. The highest BCUT2D eigenvalue weighted by molar-refractivity contribution is 5.44. The van der Waals surface area contributed by atoms with E-state index in [4.69, 9.17) is 0 Å². The normalized spacial score (nSPS) is 11.3. The summed E-state index contributed by atoms with van der Waals surface area (Å²) in [4.78, 5) is 6.64. The van der Waals surface area contributed by atoms with E-state index in [-0.39, 0.29) is 0 Å². The monoisotopic (exact) mass is 247 g/mol. The number of rotatable bonds is 6. The van der Waals surface area contributed by atoms with E-state index in [1.165, 1.54) is 6.42 Å². The molecule has 0 saturated carbocycles. The summed E-state index contributed by atoms with van der Waals surface area (Å²) in [6, 6.07) is 6.00. The summed E-state index contributed by atoms with van der Waals surface area (Å²) in [7, 11) is 4.19. The topological polar surface area (TPSA) is 45.5 Å². The molecule has 0 aromatic carbocycles. The van der Waals surface area contributed by atoms with E-state index < -0.39 is 0 Å². The molecule has 18 heavy (non-hydrogen) atoms. The van der Waals surface area contributed by atoms with Gasteiger partial charge in [-0.25, -0.2) is 4.52 Å². The lowest BCUT2D eigenvalue weighted by Gasteiger charge is -2.08. The Balaban J connectivity index is 1.87. The van der Waals surface area contributed by atoms with E-state index in [1.807, 2.05) is 29.6 Å². The molecule has 0 atom stereocenters. The lowest BCUT2D eigenvalue weighted by molar-refractivity contribution is 0.396. The van der Waals surface area contributed by atoms with E-state index in [0.29, 0.717) is 5.95 Å². The lowest BCUT2D eigenvalue weighted by atomic mass is 10.3. The molecule has 0 amide bonds. The van der Waals surface area contributed by atoms with Crippen LogP contribution in [0.3, 0.4) is 0 Å². The lowest BCUT2D eigenvalue weighted by Crippen LogP contribution is -2.14. The molecule has 98 valence electrons. The fourth-order valence-corrected chi connectivity index (χ4v) is 1.86. The van der Waals surface area contributed by atoms with E-state index in [2.05, 4.69) is 34.4 Å². The van der Waals surface area contributed by atoms with Crippen LogP contribution in [0, 0.1) is 6.92 Å². The largest absolute Gasteiger partial charge is 0.353 e. The summed E-state index contributed by atoms with van der Waals surface area (Å²) >= 11 is 0. The van der Waals surface area contributed by atoms with Crippen LogP contribution in [-0.4, -0.2) is 46.7 Å². The molecule has 2 rings (SSSR count). The third-order valence-electron chi connectivity index (χ3n) is 2.86. The number of unbranched alkanes of at least 4 members (excludes halogenated alkanes) is 1. The van der Waals surface area contributed by atoms with Gasteiger partial charge in [-0.2, -0.15) is 4.98 Å². The zero-order valence-electron chi connectivity index (χ0n) is 11.3. The van der Waals surface area contributed by atoms with Crippen molar-refractivity contribution < 1.29 is 0 Å². The number of pyridine rings is 1. The highest BCUT2D eigenvalue weighted by Crippen LogP contribution is 2.07. The quantitative estimate of drug-likeness (QED) is 0.791. The van der Waals surface area contributed by atoms with Crippen LogP contribution < -0.4 is 5.32 Å². The van der Waals surface area contributed by atoms with Crippen molar-refractivity contribution >= 4 is 11.6 Å². The Morgan fingerprint density at radius 3 is 2.83 bits per heavy atom. The first-order valence-corrected chi connectivity index (χ1v) is 6.38. The molecule has 5 nitrogen and oxygen atoms in total. The van der Waals surface area contributed by atoms with Gasteiger partial charge in [0, 0.05) is 12.2 Å². The fraction of sp³-hybridized carbons (Fsp3) is 0.538. The molecular weight excluding hydrogens is 226 g/mol. The maximum absolute atomic E-state index is 4.44. The average Bonchev–Trinajstić information content (AvgIpc) is 2.72. The third-order valence-corrected chi connectivity index (χ3v) is 2.86. The Labute approximate surface area is 108 Å². The Morgan fingerprint density at radius 1 is 1.28 bits per heavy atom. The first kappa shape index (κ1) is 12.8. The van der Waals surface area contributed by atoms with Crippen LogP contribution in [0.4, 0.5) is 5.95 Å². The molecule has 5 heteroatoms. The van der Waals surface area contributed by atoms with Gasteiger partial charge in [-0.1, -0.05) is 6.07 Å². The van der Waals surface area contributed by atoms with Crippen molar-refractivity contribution in [2.75, 3.05) is 32.5 Å². The van der Waals surface area contributed by atoms with Crippen molar-refractivity contribution in [1.29, 1.82) is 0 Å². The Kier molecular flexibility index (Phi) is 4.15. The van der Waals surface area contributed by atoms with Gasteiger partial charge in [0.25, 0.3) is 0 Å². The maximum Gasteiger partial charge on any atom is 0.243 e. The summed E-state index contributed by atoms with van der Waals surface area (Å²) in [5.74, 6) is 0.717. The second-order valence-corrected chi connectivity index (χ2v) is 4.81. The first-order chi connectivity index (χ1) is 8.66. The van der Waals surface area contributed by atoms with Crippen LogP contribution in [-0.2, 0) is 0 Å². The molecule has 0 fully saturated rings. The Bertz CT molecular complexity index is 503. The van der Waals surface area contributed by atoms with E-state index in [1.54, 1.807) is 0 Å². The van der Waals surface area contributed by atoms with Gasteiger partial charge in [-0.3, -0.25) is 0 Å². The molecule has 0 radical (unpaired) electrons. The van der Waals surface area contributed by atoms with Gasteiger partial charge in [-0.15, -0.1) is 5.10 Å². The molecule has 0 aliphatic heterocycles. The van der Waals surface area contributed by atoms with Gasteiger partial charge in [0.15, 0.2) is 5.65 Å². The summed E-state index contributed by atoms with van der Waals surface area (Å²) in [6.07, 6.45) is 2.32. The molecule has 1 N–H and O–H groups in total. The Hall–Kier alpha value is -1.62. The van der Waals surface area contributed by atoms with E-state index >= 15 is 0 Å². The van der Waals surface area contributed by atoms with Crippen molar-refractivity contribution in [2.24, 2.45) is 0 Å². The standard InChI is InChI=1S/C13H21N5/c1-11-7-6-8-12-15-13(16-18(11)12)14-9-4-5-10-17(2)3/h6-8H,4-5,9-10H2,1-3H3,(H,14,16). The van der Waals surface area contributed by atoms with Crippen LogP contribution in [0.1, 0.15) is 18.5 Å². The molecule has 0 aliphatic rings. The van der Waals surface area contributed by atoms with Crippen LogP contribution in [0.15, 0.2) is 18.2 Å². The number of aryl methyl sites for hydroxylation is 1. The summed E-state index contributed by atoms with van der Waals surface area (Å²) in [6.45, 7) is 4.08. The molecule has 0 saturated heterocycles. The fourth-order valence-electron chi connectivity index (χ4n) is 1.86. The molecule has 0 unspecified atom stereocenters. The van der Waals surface area contributed by atoms with Gasteiger partial charge in [0.05, 0.1) is 0 Å². The molecule has 0 spiro atoms. The second-order valence-electron chi connectivity index (χ2n) is 4.81. The van der Waals surface area contributed by atoms with Crippen molar-refractivity contribution in [3.8, 4) is 0 Å². The zero-order valence-corrected chi connectivity index (χ0v) is 11.3. The van der Waals surface area contributed by atoms with Crippen LogP contribution in [0.5, 0.6) is 0 Å². The van der Waals surface area contributed by atoms with Gasteiger partial charge >= 0.3 is 0 Å². The van der Waals surface area contributed by atoms with E-state index in [9.17, 15) is 0 Å². The average molecular weight is 247 g/mol. The van der Waals surface area contributed by atoms with Crippen LogP contribution in [0.2, 0.25) is 0 Å². The number of hydrogen-bond donors (Lipinski definition) is 1. The number of anilines is 1. The first-order valence-electron chi connectivity index (χ1n) is 6.38. The number of nitrogens with one attached hydrogen (secondary N) is 1. The van der Waals surface area contributed by atoms with Crippen molar-refractivity contribution in [3.63, 3.8) is 0 Å². The number of fused-ring (bicyclic) bond motifs is 1. The summed E-state index contributed by atoms with van der Waals surface area (Å²) in [5.41, 5.74) is 1.99. The van der Waals surface area contributed by atoms with Crippen molar-refractivity contribution in [2.45, 2.75) is 19.8 Å². The predicted molar refractivity (Wildman–Crippen MR) is 74.0 cm³/mol. The van der Waals surface area contributed by atoms with Gasteiger partial charge in [0.2, 0.25) is 5.95 Å². The molecule has 0 bridgehead atoms. The summed E-state index contributed by atoms with van der Waals surface area (Å²) < 4.78 is 1.86. The molecular formula is C13H21N5. The zero-order chi connectivity index (χ0) is 13.0. The third kappa shape index (κ3) is 3.20. The highest BCUT2D eigenvalue weighted by Gasteiger charge is 2.03. The van der Waals surface area contributed by atoms with Crippen LogP contribution in [0.25, 0.3) is 5.65 Å². The van der Waals surface area contributed by atoms with Gasteiger partial charge in [-0.05, 0) is 52.5 Å². The SMILES string of the molecule is Cc1cccc2nc(NCCCCN(C)C)nn12. The molecule has 0 aliphatic carbocycles. The Morgan fingerprint density at radius 2 is 2.11 bits per heavy atom. The molecule has 2 aromatic rings. The van der Waals surface area contributed by atoms with Gasteiger partial charge < -0.3 is 10.2 Å². The second kappa shape index (κ2) is 5.82. The van der Waals surface area contributed by atoms with Crippen molar-refractivity contribution in [3.05, 3.63) is 23.9 Å². The minimum atomic E-state index is 0.717. The minimum absolute atomic E-state index is 0.717. The smallest absolute Gasteiger partial charge is 0.243 e. The summed E-state index contributed by atoms with van der Waals surface area (Å²) in [5, 5.41) is 7.70. The maximum atomic E-state index is 4.44. The molecule has 2 heterocycles. The predicted octanol–water partition coefficient (Wildman–Crippen LogP) is 1.79. The van der Waals surface area contributed by atoms with Crippen LogP contribution >= 0.6 is 0 Å². The number of aromatic nitrogens is 3. The number of nitrogens with zero attached hydrogens (tertiary/aromatic N) is 4. The van der Waals surface area contributed by atoms with Crippen molar-refractivity contribution in [1.82, 2.24) is 19.5 Å². The molecule has 2 aromatic heterocycles. The highest BCUT2D eigenvalue weighted by atomic mass is 15.3.